The molecular weight excluding hydrogens is 211 g/mol. The molecule has 1 unspecified atom stereocenters. The molecule has 0 radical (unpaired) electrons. The predicted octanol–water partition coefficient (Wildman–Crippen LogP) is 2.69. The second kappa shape index (κ2) is 6.49. The molecule has 0 aliphatic carbocycles. The van der Waals surface area contributed by atoms with Crippen LogP contribution in [0.2, 0.25) is 0 Å². The highest BCUT2D eigenvalue weighted by Crippen LogP contribution is 2.19. The molecule has 0 heterocycles. The third kappa shape index (κ3) is 4.87. The molecule has 0 spiro atoms. The molecule has 0 aliphatic rings. The number of benzene rings is 1. The van der Waals surface area contributed by atoms with Crippen molar-refractivity contribution in [2.45, 2.75) is 23.8 Å². The highest BCUT2D eigenvalue weighted by molar-refractivity contribution is 7.99. The zero-order chi connectivity index (χ0) is 11.1. The van der Waals surface area contributed by atoms with Crippen LogP contribution in [-0.4, -0.2) is 17.0 Å². The number of rotatable bonds is 5. The van der Waals surface area contributed by atoms with E-state index in [-0.39, 0.29) is 5.82 Å². The van der Waals surface area contributed by atoms with Gasteiger partial charge in [0, 0.05) is 17.1 Å². The van der Waals surface area contributed by atoms with E-state index in [0.29, 0.717) is 18.6 Å². The Bertz CT molecular complexity index is 328. The average molecular weight is 224 g/mol. The normalized spacial score (nSPS) is 12.1. The van der Waals surface area contributed by atoms with Gasteiger partial charge in [-0.05, 0) is 30.7 Å². The summed E-state index contributed by atoms with van der Waals surface area (Å²) in [6, 6.07) is 6.23. The van der Waals surface area contributed by atoms with Crippen molar-refractivity contribution in [2.75, 3.05) is 5.75 Å². The van der Waals surface area contributed by atoms with E-state index in [1.54, 1.807) is 12.1 Å². The minimum absolute atomic E-state index is 0.243. The largest absolute Gasteiger partial charge is 0.392 e. The lowest BCUT2D eigenvalue weighted by molar-refractivity contribution is 0.191. The van der Waals surface area contributed by atoms with Gasteiger partial charge >= 0.3 is 0 Å². The number of aliphatic hydroxyl groups excluding tert-OH is 1. The van der Waals surface area contributed by atoms with Crippen molar-refractivity contribution in [2.24, 2.45) is 0 Å². The van der Waals surface area contributed by atoms with Gasteiger partial charge in [-0.2, -0.15) is 0 Å². The summed E-state index contributed by atoms with van der Waals surface area (Å²) in [7, 11) is 0. The summed E-state index contributed by atoms with van der Waals surface area (Å²) in [5.41, 5.74) is 0. The monoisotopic (exact) mass is 224 g/mol. The van der Waals surface area contributed by atoms with E-state index >= 15 is 0 Å². The van der Waals surface area contributed by atoms with E-state index in [0.717, 1.165) is 4.90 Å². The van der Waals surface area contributed by atoms with Crippen LogP contribution < -0.4 is 0 Å². The van der Waals surface area contributed by atoms with Crippen molar-refractivity contribution in [3.8, 4) is 12.3 Å². The topological polar surface area (TPSA) is 20.2 Å². The first-order chi connectivity index (χ1) is 7.22. The van der Waals surface area contributed by atoms with Gasteiger partial charge in [0.05, 0.1) is 6.10 Å². The summed E-state index contributed by atoms with van der Waals surface area (Å²) >= 11 is 1.50. The summed E-state index contributed by atoms with van der Waals surface area (Å²) in [6.07, 6.45) is 5.90. The summed E-state index contributed by atoms with van der Waals surface area (Å²) in [4.78, 5) is 0.955. The van der Waals surface area contributed by atoms with Gasteiger partial charge in [-0.3, -0.25) is 0 Å². The smallest absolute Gasteiger partial charge is 0.123 e. The van der Waals surface area contributed by atoms with Gasteiger partial charge in [0.1, 0.15) is 5.82 Å². The van der Waals surface area contributed by atoms with E-state index in [4.69, 9.17) is 6.42 Å². The molecule has 3 heteroatoms. The quantitative estimate of drug-likeness (QED) is 0.613. The van der Waals surface area contributed by atoms with Crippen LogP contribution in [0.1, 0.15) is 12.8 Å². The van der Waals surface area contributed by atoms with Crippen molar-refractivity contribution in [1.82, 2.24) is 0 Å². The molecule has 15 heavy (non-hydrogen) atoms. The fourth-order valence-corrected chi connectivity index (χ4v) is 1.94. The molecule has 1 aromatic carbocycles. The molecule has 1 aromatic rings. The zero-order valence-corrected chi connectivity index (χ0v) is 9.14. The molecule has 0 aromatic heterocycles. The third-order valence-electron chi connectivity index (χ3n) is 1.88. The molecule has 0 amide bonds. The third-order valence-corrected chi connectivity index (χ3v) is 3.03. The molecule has 80 valence electrons. The van der Waals surface area contributed by atoms with Crippen LogP contribution in [0.5, 0.6) is 0 Å². The van der Waals surface area contributed by atoms with Crippen LogP contribution in [0, 0.1) is 18.2 Å². The van der Waals surface area contributed by atoms with Crippen LogP contribution in [-0.2, 0) is 0 Å². The second-order valence-corrected chi connectivity index (χ2v) is 4.25. The van der Waals surface area contributed by atoms with Gasteiger partial charge in [0.25, 0.3) is 0 Å². The fourth-order valence-electron chi connectivity index (χ4n) is 1.06. The van der Waals surface area contributed by atoms with Gasteiger partial charge in [-0.1, -0.05) is 0 Å². The van der Waals surface area contributed by atoms with E-state index < -0.39 is 6.10 Å². The maximum atomic E-state index is 12.6. The minimum Gasteiger partial charge on any atom is -0.392 e. The molecule has 1 N–H and O–H groups in total. The van der Waals surface area contributed by atoms with Crippen LogP contribution in [0.25, 0.3) is 0 Å². The average Bonchev–Trinajstić information content (AvgIpc) is 2.25. The molecule has 0 saturated carbocycles. The number of terminal acetylenes is 1. The van der Waals surface area contributed by atoms with Gasteiger partial charge in [-0.15, -0.1) is 24.1 Å². The second-order valence-electron chi connectivity index (χ2n) is 3.16. The predicted molar refractivity (Wildman–Crippen MR) is 61.2 cm³/mol. The number of aliphatic hydroxyl groups is 1. The Kier molecular flexibility index (Phi) is 5.23. The highest BCUT2D eigenvalue weighted by Gasteiger charge is 2.04. The maximum absolute atomic E-state index is 12.6. The molecule has 0 fully saturated rings. The first-order valence-electron chi connectivity index (χ1n) is 4.72. The fraction of sp³-hybridized carbons (Fsp3) is 0.333. The lowest BCUT2D eigenvalue weighted by Crippen LogP contribution is -2.08. The van der Waals surface area contributed by atoms with Crippen LogP contribution >= 0.6 is 11.8 Å². The molecule has 0 saturated heterocycles. The van der Waals surface area contributed by atoms with Gasteiger partial charge < -0.3 is 5.11 Å². The van der Waals surface area contributed by atoms with E-state index in [1.807, 2.05) is 0 Å². The molecule has 0 bridgehead atoms. The maximum Gasteiger partial charge on any atom is 0.123 e. The van der Waals surface area contributed by atoms with E-state index in [9.17, 15) is 9.50 Å². The van der Waals surface area contributed by atoms with Crippen molar-refractivity contribution in [1.29, 1.82) is 0 Å². The lowest BCUT2D eigenvalue weighted by Gasteiger charge is -2.07. The summed E-state index contributed by atoms with van der Waals surface area (Å²) in [6.45, 7) is 0. The number of hydrogen-bond donors (Lipinski definition) is 1. The first kappa shape index (κ1) is 12.1. The Morgan fingerprint density at radius 3 is 2.67 bits per heavy atom. The number of thioether (sulfide) groups is 1. The SMILES string of the molecule is C#CCCC(O)CSc1ccc(F)cc1. The van der Waals surface area contributed by atoms with Crippen LogP contribution in [0.4, 0.5) is 4.39 Å². The molecule has 1 nitrogen and oxygen atoms in total. The van der Waals surface area contributed by atoms with Gasteiger partial charge in [0.2, 0.25) is 0 Å². The zero-order valence-electron chi connectivity index (χ0n) is 8.32. The Morgan fingerprint density at radius 1 is 1.40 bits per heavy atom. The Labute approximate surface area is 93.7 Å². The molecule has 1 rings (SSSR count). The molecule has 1 atom stereocenters. The highest BCUT2D eigenvalue weighted by atomic mass is 32.2. The van der Waals surface area contributed by atoms with Crippen molar-refractivity contribution in [3.05, 3.63) is 30.1 Å². The van der Waals surface area contributed by atoms with Crippen molar-refractivity contribution >= 4 is 11.8 Å². The number of hydrogen-bond acceptors (Lipinski definition) is 2. The van der Waals surface area contributed by atoms with Gasteiger partial charge in [0.15, 0.2) is 0 Å². The first-order valence-corrected chi connectivity index (χ1v) is 5.71. The molecular formula is C12H13FOS. The van der Waals surface area contributed by atoms with Crippen molar-refractivity contribution in [3.63, 3.8) is 0 Å². The Balaban J connectivity index is 2.31. The number of halogens is 1. The van der Waals surface area contributed by atoms with E-state index in [2.05, 4.69) is 5.92 Å². The van der Waals surface area contributed by atoms with E-state index in [1.165, 1.54) is 23.9 Å². The lowest BCUT2D eigenvalue weighted by atomic mass is 10.2. The van der Waals surface area contributed by atoms with Crippen LogP contribution in [0.3, 0.4) is 0 Å². The standard InChI is InChI=1S/C12H13FOS/c1-2-3-4-11(14)9-15-12-7-5-10(13)6-8-12/h1,5-8,11,14H,3-4,9H2. The van der Waals surface area contributed by atoms with Crippen LogP contribution in [0.15, 0.2) is 29.2 Å². The molecule has 0 aliphatic heterocycles. The minimum atomic E-state index is -0.392. The summed E-state index contributed by atoms with van der Waals surface area (Å²) in [5, 5.41) is 9.51. The Morgan fingerprint density at radius 2 is 2.07 bits per heavy atom. The Hall–Kier alpha value is -0.980. The summed E-state index contributed by atoms with van der Waals surface area (Å²) < 4.78 is 12.6. The van der Waals surface area contributed by atoms with Gasteiger partial charge in [-0.25, -0.2) is 4.39 Å². The summed E-state index contributed by atoms with van der Waals surface area (Å²) in [5.74, 6) is 2.83. The van der Waals surface area contributed by atoms with Crippen molar-refractivity contribution < 1.29 is 9.50 Å².